The molecule has 0 radical (unpaired) electrons. The van der Waals surface area contributed by atoms with Crippen molar-refractivity contribution in [1.82, 2.24) is 0 Å². The second-order valence-electron chi connectivity index (χ2n) is 16.0. The number of fused-ring (bicyclic) bond motifs is 4. The van der Waals surface area contributed by atoms with Crippen LogP contribution in [0.15, 0.2) is 72.8 Å². The lowest BCUT2D eigenvalue weighted by Crippen LogP contribution is -2.38. The van der Waals surface area contributed by atoms with Gasteiger partial charge in [0.1, 0.15) is 16.1 Å². The van der Waals surface area contributed by atoms with E-state index < -0.39 is 16.1 Å². The quantitative estimate of drug-likeness (QED) is 0.0994. The zero-order valence-corrected chi connectivity index (χ0v) is 30.0. The van der Waals surface area contributed by atoms with Gasteiger partial charge in [0.2, 0.25) is 0 Å². The Morgan fingerprint density at radius 1 is 0.457 bits per heavy atom. The molecule has 5 aromatic rings. The van der Waals surface area contributed by atoms with E-state index in [0.29, 0.717) is 11.1 Å². The van der Waals surface area contributed by atoms with Crippen LogP contribution in [0.5, 0.6) is 0 Å². The summed E-state index contributed by atoms with van der Waals surface area (Å²) >= 11 is 0. The molecule has 2 heteroatoms. The van der Waals surface area contributed by atoms with Gasteiger partial charge in [-0.3, -0.25) is 0 Å². The first-order valence-corrected chi connectivity index (χ1v) is 22.7. The van der Waals surface area contributed by atoms with Gasteiger partial charge in [-0.2, -0.15) is 0 Å². The summed E-state index contributed by atoms with van der Waals surface area (Å²) in [5, 5.41) is 10.5. The molecule has 4 fully saturated rings. The maximum Gasteiger partial charge on any atom is 0.147 e. The minimum Gasteiger partial charge on any atom is -0.125 e. The molecule has 0 nitrogen and oxygen atoms in total. The van der Waals surface area contributed by atoms with Crippen molar-refractivity contribution in [3.05, 3.63) is 83.9 Å². The molecular weight excluding hydrogens is 585 g/mol. The minimum atomic E-state index is -1.73. The van der Waals surface area contributed by atoms with Crippen molar-refractivity contribution in [2.45, 2.75) is 112 Å². The Morgan fingerprint density at radius 2 is 0.717 bits per heavy atom. The monoisotopic (exact) mass is 630 g/mol. The Kier molecular flexibility index (Phi) is 6.66. The normalized spacial score (nSPS) is 18.7. The first-order chi connectivity index (χ1) is 22.4. The summed E-state index contributed by atoms with van der Waals surface area (Å²) < 4.78 is 0. The zero-order chi connectivity index (χ0) is 31.2. The molecule has 0 aliphatic heterocycles. The van der Waals surface area contributed by atoms with E-state index in [1.165, 1.54) is 106 Å². The van der Waals surface area contributed by atoms with E-state index in [1.807, 2.05) is 0 Å². The summed E-state index contributed by atoms with van der Waals surface area (Å²) in [6, 6.07) is 27.7. The molecule has 9 rings (SSSR count). The van der Waals surface area contributed by atoms with Crippen molar-refractivity contribution in [3.8, 4) is 22.9 Å². The fourth-order valence-corrected chi connectivity index (χ4v) is 21.4. The van der Waals surface area contributed by atoms with Crippen LogP contribution in [-0.2, 0) is 0 Å². The van der Waals surface area contributed by atoms with Gasteiger partial charge in [-0.15, -0.1) is 11.1 Å². The van der Waals surface area contributed by atoms with Crippen LogP contribution in [0.3, 0.4) is 0 Å². The van der Waals surface area contributed by atoms with E-state index in [2.05, 4.69) is 123 Å². The highest BCUT2D eigenvalue weighted by atomic mass is 28.3. The molecule has 4 aliphatic carbocycles. The maximum atomic E-state index is 4.25. The first kappa shape index (κ1) is 28.9. The lowest BCUT2D eigenvalue weighted by atomic mass is 9.89. The second kappa shape index (κ2) is 10.6. The molecule has 230 valence electrons. The van der Waals surface area contributed by atoms with E-state index in [9.17, 15) is 0 Å². The van der Waals surface area contributed by atoms with E-state index >= 15 is 0 Å². The molecule has 0 unspecified atom stereocenters. The van der Waals surface area contributed by atoms with Crippen LogP contribution < -0.4 is 0 Å². The molecule has 5 aromatic carbocycles. The Morgan fingerprint density at radius 3 is 0.935 bits per heavy atom. The van der Waals surface area contributed by atoms with Crippen LogP contribution in [0.4, 0.5) is 0 Å². The highest BCUT2D eigenvalue weighted by Crippen LogP contribution is 2.63. The van der Waals surface area contributed by atoms with Crippen LogP contribution in [0.25, 0.3) is 43.1 Å². The van der Waals surface area contributed by atoms with Crippen LogP contribution >= 0.6 is 0 Å². The number of hydrogen-bond acceptors (Lipinski definition) is 0. The third-order valence-corrected chi connectivity index (χ3v) is 25.2. The van der Waals surface area contributed by atoms with Crippen LogP contribution in [0, 0.1) is 22.9 Å². The fraction of sp³-hybridized carbons (Fsp3) is 0.409. The predicted molar refractivity (Wildman–Crippen MR) is 204 cm³/mol. The number of benzene rings is 5. The average Bonchev–Trinajstić information content (AvgIpc) is 3.88. The minimum absolute atomic E-state index is 0.711. The van der Waals surface area contributed by atoms with Gasteiger partial charge in [-0.05, 0) is 101 Å². The molecule has 0 heterocycles. The van der Waals surface area contributed by atoms with Crippen molar-refractivity contribution in [1.29, 1.82) is 0 Å². The zero-order valence-electron chi connectivity index (χ0n) is 28.0. The molecule has 0 saturated heterocycles. The Labute approximate surface area is 277 Å². The lowest BCUT2D eigenvalue weighted by molar-refractivity contribution is 0.963. The maximum absolute atomic E-state index is 4.25. The van der Waals surface area contributed by atoms with Gasteiger partial charge in [-0.1, -0.05) is 139 Å². The third-order valence-electron chi connectivity index (χ3n) is 12.6. The van der Waals surface area contributed by atoms with E-state index in [4.69, 9.17) is 0 Å². The third kappa shape index (κ3) is 4.55. The number of hydrogen-bond donors (Lipinski definition) is 0. The molecule has 0 amide bonds. The molecule has 4 aliphatic rings. The van der Waals surface area contributed by atoms with Gasteiger partial charge >= 0.3 is 0 Å². The topological polar surface area (TPSA) is 0 Å². The second-order valence-corrected chi connectivity index (χ2v) is 25.8. The van der Waals surface area contributed by atoms with Crippen LogP contribution in [0.2, 0.25) is 33.2 Å². The standard InChI is InChI=1S/C44H46Si2/c1-29(2)45(35-13-14-35,36-15-16-36)23-21-39-41-25-31-9-5-7-11-33(31)27-43(41)40(44-28-34-12-8-6-10-32(34)26-42(39)44)22-24-46(30(3)4,37-17-18-37)38-19-20-38/h5-12,25-30,35-38H,13-20H2,1-4H3. The highest BCUT2D eigenvalue weighted by molar-refractivity contribution is 6.92. The van der Waals surface area contributed by atoms with E-state index in [0.717, 1.165) is 22.2 Å². The van der Waals surface area contributed by atoms with Crippen molar-refractivity contribution >= 4 is 59.2 Å². The van der Waals surface area contributed by atoms with Gasteiger partial charge in [-0.25, -0.2) is 0 Å². The Bertz CT molecular complexity index is 1880. The Balaban J connectivity index is 1.39. The van der Waals surface area contributed by atoms with Crippen molar-refractivity contribution in [3.63, 3.8) is 0 Å². The fourth-order valence-electron chi connectivity index (χ4n) is 9.70. The molecule has 0 N–H and O–H groups in total. The predicted octanol–water partition coefficient (Wildman–Crippen LogP) is 12.5. The van der Waals surface area contributed by atoms with Gasteiger partial charge < -0.3 is 0 Å². The molecule has 0 atom stereocenters. The van der Waals surface area contributed by atoms with Crippen LogP contribution in [0.1, 0.15) is 90.2 Å². The summed E-state index contributed by atoms with van der Waals surface area (Å²) in [5.74, 6) is 8.14. The van der Waals surface area contributed by atoms with Crippen molar-refractivity contribution < 1.29 is 0 Å². The molecular formula is C44H46Si2. The largest absolute Gasteiger partial charge is 0.147 e. The van der Waals surface area contributed by atoms with Crippen molar-refractivity contribution in [2.24, 2.45) is 0 Å². The summed E-state index contributed by atoms with van der Waals surface area (Å²) in [7, 11) is -3.46. The summed E-state index contributed by atoms with van der Waals surface area (Å²) in [4.78, 5) is 0. The molecule has 0 bridgehead atoms. The SMILES string of the molecule is CC(C)[Si](C#Cc1c2cc3ccccc3cc2c(C#C[Si](C(C)C)(C2CC2)C2CC2)c2cc3ccccc3cc12)(C1CC1)C1CC1. The number of rotatable bonds is 6. The van der Waals surface area contributed by atoms with Gasteiger partial charge in [0.15, 0.2) is 0 Å². The van der Waals surface area contributed by atoms with Gasteiger partial charge in [0.25, 0.3) is 0 Å². The average molecular weight is 631 g/mol. The van der Waals surface area contributed by atoms with Gasteiger partial charge in [0, 0.05) is 11.1 Å². The van der Waals surface area contributed by atoms with E-state index in [1.54, 1.807) is 0 Å². The summed E-state index contributed by atoms with van der Waals surface area (Å²) in [6.07, 6.45) is 11.3. The van der Waals surface area contributed by atoms with Crippen LogP contribution in [-0.4, -0.2) is 16.1 Å². The molecule has 4 saturated carbocycles. The smallest absolute Gasteiger partial charge is 0.125 e. The lowest BCUT2D eigenvalue weighted by Gasteiger charge is -2.30. The van der Waals surface area contributed by atoms with E-state index in [-0.39, 0.29) is 0 Å². The first-order valence-electron chi connectivity index (χ1n) is 18.3. The summed E-state index contributed by atoms with van der Waals surface area (Å²) in [6.45, 7) is 9.99. The Hall–Kier alpha value is -3.31. The summed E-state index contributed by atoms with van der Waals surface area (Å²) in [5.41, 5.74) is 16.0. The molecule has 0 spiro atoms. The van der Waals surface area contributed by atoms with Gasteiger partial charge in [0.05, 0.1) is 0 Å². The molecule has 46 heavy (non-hydrogen) atoms. The molecule has 0 aromatic heterocycles. The van der Waals surface area contributed by atoms with Crippen molar-refractivity contribution in [2.75, 3.05) is 0 Å². The highest BCUT2D eigenvalue weighted by Gasteiger charge is 2.58.